The van der Waals surface area contributed by atoms with Crippen molar-refractivity contribution in [3.05, 3.63) is 66.0 Å². The smallest absolute Gasteiger partial charge is 0.132 e. The second-order valence-corrected chi connectivity index (χ2v) is 4.34. The van der Waals surface area contributed by atoms with Crippen LogP contribution in [0.1, 0.15) is 10.4 Å². The van der Waals surface area contributed by atoms with Gasteiger partial charge in [-0.3, -0.25) is 0 Å². The number of aromatic carboxylic acids is 1. The van der Waals surface area contributed by atoms with E-state index in [0.29, 0.717) is 10.9 Å². The van der Waals surface area contributed by atoms with E-state index in [1.54, 1.807) is 42.5 Å². The Morgan fingerprint density at radius 3 is 2.50 bits per heavy atom. The molecule has 0 fully saturated rings. The Morgan fingerprint density at radius 1 is 1.05 bits per heavy atom. The number of pyridine rings is 1. The highest BCUT2D eigenvalue weighted by atomic mass is 19.1. The highest BCUT2D eigenvalue weighted by molar-refractivity contribution is 6.02. The van der Waals surface area contributed by atoms with Gasteiger partial charge in [0.05, 0.1) is 17.2 Å². The van der Waals surface area contributed by atoms with Crippen LogP contribution in [0.5, 0.6) is 0 Å². The first kappa shape index (κ1) is 12.3. The van der Waals surface area contributed by atoms with Crippen molar-refractivity contribution < 1.29 is 14.3 Å². The minimum Gasteiger partial charge on any atom is -0.545 e. The van der Waals surface area contributed by atoms with E-state index < -0.39 is 11.8 Å². The molecule has 0 spiro atoms. The predicted molar refractivity (Wildman–Crippen MR) is 71.5 cm³/mol. The van der Waals surface area contributed by atoms with Crippen molar-refractivity contribution in [2.24, 2.45) is 0 Å². The zero-order valence-corrected chi connectivity index (χ0v) is 10.3. The molecule has 0 amide bonds. The second-order valence-electron chi connectivity index (χ2n) is 4.34. The van der Waals surface area contributed by atoms with E-state index >= 15 is 0 Å². The number of fused-ring (bicyclic) bond motifs is 1. The van der Waals surface area contributed by atoms with Crippen LogP contribution in [0.15, 0.2) is 54.6 Å². The Balaban J connectivity index is 2.33. The summed E-state index contributed by atoms with van der Waals surface area (Å²) in [6.07, 6.45) is 0. The zero-order valence-electron chi connectivity index (χ0n) is 10.3. The largest absolute Gasteiger partial charge is 0.545 e. The summed E-state index contributed by atoms with van der Waals surface area (Å²) in [5, 5.41) is 11.7. The van der Waals surface area contributed by atoms with Gasteiger partial charge in [0.25, 0.3) is 0 Å². The lowest BCUT2D eigenvalue weighted by Crippen LogP contribution is -2.22. The number of hydrogen-bond donors (Lipinski definition) is 0. The van der Waals surface area contributed by atoms with Crippen LogP contribution in [0.4, 0.5) is 4.39 Å². The maximum Gasteiger partial charge on any atom is 0.132 e. The predicted octanol–water partition coefficient (Wildman–Crippen LogP) is 2.40. The summed E-state index contributed by atoms with van der Waals surface area (Å²) in [5.74, 6) is -1.75. The molecule has 1 aromatic heterocycles. The molecule has 98 valence electrons. The van der Waals surface area contributed by atoms with E-state index in [4.69, 9.17) is 0 Å². The van der Waals surface area contributed by atoms with Crippen molar-refractivity contribution in [1.82, 2.24) is 4.98 Å². The lowest BCUT2D eigenvalue weighted by molar-refractivity contribution is -0.254. The third-order valence-electron chi connectivity index (χ3n) is 3.09. The number of carboxylic acid groups (broad SMARTS) is 1. The number of halogens is 1. The van der Waals surface area contributed by atoms with Crippen LogP contribution in [-0.4, -0.2) is 11.0 Å². The summed E-state index contributed by atoms with van der Waals surface area (Å²) in [7, 11) is 0. The summed E-state index contributed by atoms with van der Waals surface area (Å²) in [4.78, 5) is 15.6. The molecule has 0 radical (unpaired) electrons. The molecule has 0 unspecified atom stereocenters. The quantitative estimate of drug-likeness (QED) is 0.715. The van der Waals surface area contributed by atoms with Crippen LogP contribution in [0.2, 0.25) is 0 Å². The van der Waals surface area contributed by atoms with Gasteiger partial charge in [-0.15, -0.1) is 0 Å². The Morgan fingerprint density at radius 2 is 1.75 bits per heavy atom. The average molecular weight is 266 g/mol. The molecule has 0 aliphatic heterocycles. The number of benzene rings is 2. The number of rotatable bonds is 2. The first-order valence-electron chi connectivity index (χ1n) is 6.03. The molecule has 2 aromatic carbocycles. The molecular formula is C16H9FNO2-. The average Bonchev–Trinajstić information content (AvgIpc) is 2.46. The minimum atomic E-state index is -1.30. The minimum absolute atomic E-state index is 0.00820. The molecule has 3 rings (SSSR count). The molecule has 0 bridgehead atoms. The van der Waals surface area contributed by atoms with Crippen molar-refractivity contribution >= 4 is 16.9 Å². The van der Waals surface area contributed by atoms with Crippen LogP contribution < -0.4 is 5.11 Å². The van der Waals surface area contributed by atoms with Gasteiger partial charge in [-0.05, 0) is 24.3 Å². The normalized spacial score (nSPS) is 10.7. The molecule has 0 atom stereocenters. The molecule has 0 aliphatic rings. The molecular weight excluding hydrogens is 257 g/mol. The van der Waals surface area contributed by atoms with Crippen LogP contribution in [0.3, 0.4) is 0 Å². The summed E-state index contributed by atoms with van der Waals surface area (Å²) in [6, 6.07) is 14.3. The number of hydrogen-bond acceptors (Lipinski definition) is 3. The van der Waals surface area contributed by atoms with E-state index in [2.05, 4.69) is 4.98 Å². The highest BCUT2D eigenvalue weighted by Crippen LogP contribution is 2.26. The van der Waals surface area contributed by atoms with Crippen LogP contribution >= 0.6 is 0 Å². The van der Waals surface area contributed by atoms with E-state index in [1.165, 1.54) is 12.1 Å². The summed E-state index contributed by atoms with van der Waals surface area (Å²) in [5.41, 5.74) is 1.04. The molecule has 0 saturated heterocycles. The molecule has 4 heteroatoms. The summed E-state index contributed by atoms with van der Waals surface area (Å²) >= 11 is 0. The van der Waals surface area contributed by atoms with Crippen molar-refractivity contribution in [3.8, 4) is 11.3 Å². The third-order valence-corrected chi connectivity index (χ3v) is 3.09. The Hall–Kier alpha value is -2.75. The number of aromatic nitrogens is 1. The SMILES string of the molecule is O=C([O-])c1cc(-c2ccccc2F)nc2ccccc12. The number of nitrogens with zero attached hydrogens (tertiary/aromatic N) is 1. The van der Waals surface area contributed by atoms with E-state index in [-0.39, 0.29) is 16.8 Å². The van der Waals surface area contributed by atoms with E-state index in [1.807, 2.05) is 0 Å². The maximum absolute atomic E-state index is 13.8. The number of para-hydroxylation sites is 1. The molecule has 0 saturated carbocycles. The van der Waals surface area contributed by atoms with Gasteiger partial charge in [-0.2, -0.15) is 0 Å². The fourth-order valence-corrected chi connectivity index (χ4v) is 2.15. The zero-order chi connectivity index (χ0) is 14.1. The van der Waals surface area contributed by atoms with Gasteiger partial charge in [-0.25, -0.2) is 9.37 Å². The van der Waals surface area contributed by atoms with Crippen LogP contribution in [0, 0.1) is 5.82 Å². The first-order valence-corrected chi connectivity index (χ1v) is 6.03. The molecule has 3 aromatic rings. The Kier molecular flexibility index (Phi) is 2.91. The van der Waals surface area contributed by atoms with Gasteiger partial charge in [0.15, 0.2) is 0 Å². The van der Waals surface area contributed by atoms with Gasteiger partial charge in [-0.1, -0.05) is 30.3 Å². The van der Waals surface area contributed by atoms with Crippen molar-refractivity contribution in [2.45, 2.75) is 0 Å². The second kappa shape index (κ2) is 4.74. The summed E-state index contributed by atoms with van der Waals surface area (Å²) < 4.78 is 13.8. The fraction of sp³-hybridized carbons (Fsp3) is 0. The Labute approximate surface area is 114 Å². The van der Waals surface area contributed by atoms with Crippen LogP contribution in [-0.2, 0) is 0 Å². The molecule has 20 heavy (non-hydrogen) atoms. The van der Waals surface area contributed by atoms with Gasteiger partial charge in [0, 0.05) is 16.5 Å². The molecule has 0 N–H and O–H groups in total. The summed E-state index contributed by atoms with van der Waals surface area (Å²) in [6.45, 7) is 0. The van der Waals surface area contributed by atoms with Gasteiger partial charge in [0.2, 0.25) is 0 Å². The van der Waals surface area contributed by atoms with Gasteiger partial charge in [0.1, 0.15) is 5.82 Å². The number of carbonyl (C=O) groups excluding carboxylic acids is 1. The van der Waals surface area contributed by atoms with Gasteiger partial charge >= 0.3 is 0 Å². The van der Waals surface area contributed by atoms with Gasteiger partial charge < -0.3 is 9.90 Å². The Bertz CT molecular complexity index is 814. The fourth-order valence-electron chi connectivity index (χ4n) is 2.15. The van der Waals surface area contributed by atoms with Crippen molar-refractivity contribution in [3.63, 3.8) is 0 Å². The van der Waals surface area contributed by atoms with Crippen LogP contribution in [0.25, 0.3) is 22.2 Å². The molecule has 0 aliphatic carbocycles. The maximum atomic E-state index is 13.8. The standard InChI is InChI=1S/C16H10FNO2/c17-13-7-3-1-6-11(13)15-9-12(16(19)20)10-5-2-4-8-14(10)18-15/h1-9H,(H,19,20)/p-1. The highest BCUT2D eigenvalue weighted by Gasteiger charge is 2.10. The molecule has 3 nitrogen and oxygen atoms in total. The van der Waals surface area contributed by atoms with Crippen molar-refractivity contribution in [1.29, 1.82) is 0 Å². The topological polar surface area (TPSA) is 53.0 Å². The number of carbonyl (C=O) groups is 1. The monoisotopic (exact) mass is 266 g/mol. The lowest BCUT2D eigenvalue weighted by atomic mass is 10.0. The van der Waals surface area contributed by atoms with E-state index in [0.717, 1.165) is 0 Å². The first-order chi connectivity index (χ1) is 9.66. The van der Waals surface area contributed by atoms with E-state index in [9.17, 15) is 14.3 Å². The third kappa shape index (κ3) is 2.01. The van der Waals surface area contributed by atoms with Crippen molar-refractivity contribution in [2.75, 3.05) is 0 Å². The molecule has 1 heterocycles. The lowest BCUT2D eigenvalue weighted by Gasteiger charge is -2.10. The number of carboxylic acids is 1.